The number of likely N-dealkylation sites (N-methyl/N-ethyl adjacent to an activating group) is 1. The summed E-state index contributed by atoms with van der Waals surface area (Å²) in [6.07, 6.45) is 0. The molecule has 1 aliphatic heterocycles. The van der Waals surface area contributed by atoms with Crippen LogP contribution in [0.2, 0.25) is 0 Å². The summed E-state index contributed by atoms with van der Waals surface area (Å²) in [5.74, 6) is -0.965. The lowest BCUT2D eigenvalue weighted by atomic mass is 9.98. The Hall–Kier alpha value is -4.22. The van der Waals surface area contributed by atoms with Gasteiger partial charge >= 0.3 is 0 Å². The molecular formula is C28H29N5O3. The van der Waals surface area contributed by atoms with Crippen molar-refractivity contribution in [2.24, 2.45) is 0 Å². The number of benzene rings is 3. The summed E-state index contributed by atoms with van der Waals surface area (Å²) in [6.45, 7) is 5.42. The predicted molar refractivity (Wildman–Crippen MR) is 140 cm³/mol. The highest BCUT2D eigenvalue weighted by atomic mass is 16.2. The van der Waals surface area contributed by atoms with E-state index in [2.05, 4.69) is 16.7 Å². The normalized spacial score (nSPS) is 17.4. The fourth-order valence-electron chi connectivity index (χ4n) is 4.88. The van der Waals surface area contributed by atoms with Crippen LogP contribution in [0.4, 0.5) is 11.4 Å². The van der Waals surface area contributed by atoms with Gasteiger partial charge in [-0.1, -0.05) is 36.4 Å². The molecule has 0 aromatic heterocycles. The summed E-state index contributed by atoms with van der Waals surface area (Å²) in [7, 11) is 1.65. The summed E-state index contributed by atoms with van der Waals surface area (Å²) in [5, 5.41) is 17.2. The van der Waals surface area contributed by atoms with Gasteiger partial charge in [-0.2, -0.15) is 5.26 Å². The van der Waals surface area contributed by atoms with Crippen molar-refractivity contribution >= 4 is 39.9 Å². The number of nitrogens with zero attached hydrogens (tertiary/aromatic N) is 3. The minimum absolute atomic E-state index is 0.0323. The average Bonchev–Trinajstić information content (AvgIpc) is 2.94. The quantitative estimate of drug-likeness (QED) is 0.580. The molecule has 2 N–H and O–H groups in total. The minimum atomic E-state index is -0.983. The molecule has 0 fully saturated rings. The van der Waals surface area contributed by atoms with Crippen molar-refractivity contribution in [1.82, 2.24) is 10.6 Å². The SMILES string of the molecule is CNCC(=O)NC1C(=O)N(Cc2c(C)ccc3ccccc23)c2ccc(C#N)cc2N(C(C)=O)[C@H]1C. The number of hydrogen-bond donors (Lipinski definition) is 2. The molecule has 36 heavy (non-hydrogen) atoms. The third-order valence-corrected chi connectivity index (χ3v) is 6.66. The maximum Gasteiger partial charge on any atom is 0.252 e. The number of amides is 3. The zero-order valence-corrected chi connectivity index (χ0v) is 20.8. The lowest BCUT2D eigenvalue weighted by Crippen LogP contribution is -2.58. The second-order valence-electron chi connectivity index (χ2n) is 9.03. The van der Waals surface area contributed by atoms with E-state index in [1.807, 2.05) is 43.3 Å². The van der Waals surface area contributed by atoms with E-state index >= 15 is 0 Å². The van der Waals surface area contributed by atoms with Gasteiger partial charge in [-0.15, -0.1) is 0 Å². The summed E-state index contributed by atoms with van der Waals surface area (Å²) in [5.41, 5.74) is 3.34. The van der Waals surface area contributed by atoms with E-state index in [9.17, 15) is 19.6 Å². The van der Waals surface area contributed by atoms with Crippen LogP contribution in [0.5, 0.6) is 0 Å². The summed E-state index contributed by atoms with van der Waals surface area (Å²) < 4.78 is 0. The Kier molecular flexibility index (Phi) is 7.04. The summed E-state index contributed by atoms with van der Waals surface area (Å²) in [6, 6.07) is 17.5. The Balaban J connectivity index is 1.92. The molecule has 1 unspecified atom stereocenters. The first-order chi connectivity index (χ1) is 17.3. The number of aryl methyl sites for hydroxylation is 1. The smallest absolute Gasteiger partial charge is 0.252 e. The Morgan fingerprint density at radius 3 is 2.53 bits per heavy atom. The third kappa shape index (κ3) is 4.53. The summed E-state index contributed by atoms with van der Waals surface area (Å²) >= 11 is 0. The molecule has 0 saturated heterocycles. The molecule has 3 aromatic rings. The van der Waals surface area contributed by atoms with Gasteiger partial charge in [0, 0.05) is 6.92 Å². The molecule has 3 amide bonds. The number of nitrogens with one attached hydrogen (secondary N) is 2. The molecule has 0 bridgehead atoms. The first kappa shape index (κ1) is 24.9. The van der Waals surface area contributed by atoms with Gasteiger partial charge in [0.2, 0.25) is 11.8 Å². The molecule has 0 radical (unpaired) electrons. The number of hydrogen-bond acceptors (Lipinski definition) is 5. The largest absolute Gasteiger partial charge is 0.341 e. The zero-order chi connectivity index (χ0) is 26.0. The van der Waals surface area contributed by atoms with Gasteiger partial charge < -0.3 is 20.4 Å². The number of carbonyl (C=O) groups is 3. The Morgan fingerprint density at radius 1 is 1.08 bits per heavy atom. The van der Waals surface area contributed by atoms with E-state index in [4.69, 9.17) is 0 Å². The van der Waals surface area contributed by atoms with Crippen molar-refractivity contribution in [1.29, 1.82) is 5.26 Å². The topological polar surface area (TPSA) is 106 Å². The number of fused-ring (bicyclic) bond motifs is 2. The molecule has 0 saturated carbocycles. The zero-order valence-electron chi connectivity index (χ0n) is 20.8. The van der Waals surface area contributed by atoms with E-state index < -0.39 is 12.1 Å². The number of rotatable bonds is 5. The van der Waals surface area contributed by atoms with Crippen molar-refractivity contribution < 1.29 is 14.4 Å². The average molecular weight is 484 g/mol. The second-order valence-corrected chi connectivity index (χ2v) is 9.03. The van der Waals surface area contributed by atoms with Crippen molar-refractivity contribution in [3.05, 3.63) is 71.3 Å². The molecule has 1 aliphatic rings. The van der Waals surface area contributed by atoms with Crippen LogP contribution < -0.4 is 20.4 Å². The standard InChI is InChI=1S/C28H29N5O3/c1-17-9-11-21-7-5-6-8-22(21)23(17)16-32-24-12-10-20(14-29)13-25(24)33(19(3)34)18(2)27(28(32)36)31-26(35)15-30-4/h5-13,18,27,30H,15-16H2,1-4H3,(H,31,35)/t18-,27?/m0/s1. The van der Waals surface area contributed by atoms with Gasteiger partial charge in [-0.25, -0.2) is 0 Å². The van der Waals surface area contributed by atoms with E-state index in [1.165, 1.54) is 11.8 Å². The van der Waals surface area contributed by atoms with Crippen molar-refractivity contribution in [2.75, 3.05) is 23.4 Å². The van der Waals surface area contributed by atoms with E-state index in [1.54, 1.807) is 37.1 Å². The van der Waals surface area contributed by atoms with Crippen molar-refractivity contribution in [2.45, 2.75) is 39.4 Å². The lowest BCUT2D eigenvalue weighted by Gasteiger charge is -2.31. The highest BCUT2D eigenvalue weighted by molar-refractivity contribution is 6.08. The van der Waals surface area contributed by atoms with Gasteiger partial charge in [0.15, 0.2) is 0 Å². The first-order valence-corrected chi connectivity index (χ1v) is 11.8. The van der Waals surface area contributed by atoms with Crippen LogP contribution in [-0.4, -0.2) is 43.4 Å². The Morgan fingerprint density at radius 2 is 1.83 bits per heavy atom. The van der Waals surface area contributed by atoms with Crippen LogP contribution >= 0.6 is 0 Å². The van der Waals surface area contributed by atoms with Crippen molar-refractivity contribution in [3.8, 4) is 6.07 Å². The highest BCUT2D eigenvalue weighted by Gasteiger charge is 2.41. The van der Waals surface area contributed by atoms with Crippen LogP contribution in [0.3, 0.4) is 0 Å². The van der Waals surface area contributed by atoms with Crippen LogP contribution in [0.1, 0.15) is 30.5 Å². The van der Waals surface area contributed by atoms with E-state index in [0.717, 1.165) is 21.9 Å². The molecule has 8 heteroatoms. The molecule has 1 heterocycles. The molecule has 4 rings (SSSR count). The maximum atomic E-state index is 14.1. The molecule has 0 aliphatic carbocycles. The van der Waals surface area contributed by atoms with Crippen molar-refractivity contribution in [3.63, 3.8) is 0 Å². The number of nitriles is 1. The Labute approximate surface area is 210 Å². The number of anilines is 2. The number of carbonyl (C=O) groups excluding carboxylic acids is 3. The fraction of sp³-hybridized carbons (Fsp3) is 0.286. The second kappa shape index (κ2) is 10.2. The highest BCUT2D eigenvalue weighted by Crippen LogP contribution is 2.38. The molecule has 8 nitrogen and oxygen atoms in total. The van der Waals surface area contributed by atoms with Crippen LogP contribution in [0, 0.1) is 18.3 Å². The first-order valence-electron chi connectivity index (χ1n) is 11.8. The van der Waals surface area contributed by atoms with E-state index in [-0.39, 0.29) is 30.8 Å². The molecule has 184 valence electrons. The molecule has 2 atom stereocenters. The monoisotopic (exact) mass is 483 g/mol. The van der Waals surface area contributed by atoms with Gasteiger partial charge in [0.25, 0.3) is 5.91 Å². The van der Waals surface area contributed by atoms with Crippen LogP contribution in [-0.2, 0) is 20.9 Å². The van der Waals surface area contributed by atoms with Gasteiger partial charge in [0.1, 0.15) is 6.04 Å². The van der Waals surface area contributed by atoms with Gasteiger partial charge in [-0.3, -0.25) is 14.4 Å². The third-order valence-electron chi connectivity index (χ3n) is 6.66. The lowest BCUT2D eigenvalue weighted by molar-refractivity contribution is -0.127. The minimum Gasteiger partial charge on any atom is -0.341 e. The van der Waals surface area contributed by atoms with Gasteiger partial charge in [-0.05, 0) is 61.0 Å². The molecular weight excluding hydrogens is 454 g/mol. The fourth-order valence-corrected chi connectivity index (χ4v) is 4.88. The maximum absolute atomic E-state index is 14.1. The molecule has 3 aromatic carbocycles. The predicted octanol–water partition coefficient (Wildman–Crippen LogP) is 3.01. The Bertz CT molecular complexity index is 1390. The summed E-state index contributed by atoms with van der Waals surface area (Å²) in [4.78, 5) is 42.7. The van der Waals surface area contributed by atoms with Gasteiger partial charge in [0.05, 0.1) is 42.1 Å². The van der Waals surface area contributed by atoms with E-state index in [0.29, 0.717) is 16.9 Å². The molecule has 0 spiro atoms. The van der Waals surface area contributed by atoms with Crippen LogP contribution in [0.15, 0.2) is 54.6 Å². The van der Waals surface area contributed by atoms with Crippen LogP contribution in [0.25, 0.3) is 10.8 Å².